The predicted molar refractivity (Wildman–Crippen MR) is 157 cm³/mol. The average molecular weight is 539 g/mol. The first kappa shape index (κ1) is 26.3. The van der Waals surface area contributed by atoms with E-state index in [1.165, 1.54) is 10.6 Å². The van der Waals surface area contributed by atoms with Gasteiger partial charge >= 0.3 is 0 Å². The quantitative estimate of drug-likeness (QED) is 0.243. The Hall–Kier alpha value is -4.36. The molecule has 0 aliphatic heterocycles. The Labute approximate surface area is 229 Å². The topological polar surface area (TPSA) is 79.6 Å². The molecular formula is C32H30N2O4S. The van der Waals surface area contributed by atoms with Gasteiger partial charge in [-0.05, 0) is 31.0 Å². The number of carbonyl (C=O) groups is 1. The summed E-state index contributed by atoms with van der Waals surface area (Å²) in [6.45, 7) is 3.86. The van der Waals surface area contributed by atoms with Crippen LogP contribution in [0.15, 0.2) is 101 Å². The van der Waals surface area contributed by atoms with Crippen LogP contribution in [0.25, 0.3) is 33.4 Å². The first-order valence-corrected chi connectivity index (χ1v) is 14.5. The van der Waals surface area contributed by atoms with Gasteiger partial charge in [-0.3, -0.25) is 9.10 Å². The molecule has 1 heterocycles. The van der Waals surface area contributed by atoms with Crippen LogP contribution < -0.4 is 9.62 Å². The maximum absolute atomic E-state index is 13.4. The van der Waals surface area contributed by atoms with Gasteiger partial charge in [0, 0.05) is 29.6 Å². The van der Waals surface area contributed by atoms with Crippen molar-refractivity contribution in [2.75, 3.05) is 17.6 Å². The van der Waals surface area contributed by atoms with Gasteiger partial charge < -0.3 is 9.73 Å². The molecule has 198 valence electrons. The summed E-state index contributed by atoms with van der Waals surface area (Å²) in [7, 11) is -2.15. The molecule has 0 spiro atoms. The van der Waals surface area contributed by atoms with Crippen LogP contribution in [0.1, 0.15) is 34.5 Å². The monoisotopic (exact) mass is 538 g/mol. The molecule has 0 bridgehead atoms. The van der Waals surface area contributed by atoms with Crippen LogP contribution in [0.3, 0.4) is 0 Å². The van der Waals surface area contributed by atoms with E-state index in [0.29, 0.717) is 33.5 Å². The second-order valence-electron chi connectivity index (χ2n) is 9.63. The first-order valence-electron chi connectivity index (χ1n) is 12.7. The van der Waals surface area contributed by atoms with Crippen LogP contribution in [-0.2, 0) is 10.0 Å². The second kappa shape index (κ2) is 10.4. The molecule has 4 aromatic carbocycles. The van der Waals surface area contributed by atoms with Gasteiger partial charge in [0.1, 0.15) is 11.3 Å². The Kier molecular flexibility index (Phi) is 7.02. The van der Waals surface area contributed by atoms with Crippen molar-refractivity contribution in [3.05, 3.63) is 114 Å². The van der Waals surface area contributed by atoms with E-state index < -0.39 is 16.1 Å². The third-order valence-electron chi connectivity index (χ3n) is 6.89. The summed E-state index contributed by atoms with van der Waals surface area (Å²) in [4.78, 5) is 13.2. The number of nitrogens with zero attached hydrogens (tertiary/aromatic N) is 1. The molecule has 1 N–H and O–H groups in total. The van der Waals surface area contributed by atoms with E-state index in [4.69, 9.17) is 4.42 Å². The number of furan rings is 1. The molecule has 1 aromatic heterocycles. The summed E-state index contributed by atoms with van der Waals surface area (Å²) >= 11 is 0. The van der Waals surface area contributed by atoms with E-state index in [1.807, 2.05) is 105 Å². The molecule has 0 aliphatic rings. The van der Waals surface area contributed by atoms with Gasteiger partial charge in [0.15, 0.2) is 0 Å². The smallest absolute Gasteiger partial charge is 0.255 e. The van der Waals surface area contributed by atoms with Crippen molar-refractivity contribution in [3.63, 3.8) is 0 Å². The van der Waals surface area contributed by atoms with Gasteiger partial charge in [-0.25, -0.2) is 8.42 Å². The lowest BCUT2D eigenvalue weighted by molar-refractivity contribution is 0.0964. The van der Waals surface area contributed by atoms with Crippen molar-refractivity contribution in [3.8, 4) is 22.5 Å². The molecule has 0 saturated heterocycles. The Morgan fingerprint density at radius 1 is 0.872 bits per heavy atom. The van der Waals surface area contributed by atoms with E-state index in [9.17, 15) is 13.2 Å². The summed E-state index contributed by atoms with van der Waals surface area (Å²) in [6.07, 6.45) is 1.21. The summed E-state index contributed by atoms with van der Waals surface area (Å²) in [5.74, 6) is 0.149. The molecule has 0 aliphatic carbocycles. The number of fused-ring (bicyclic) bond motifs is 1. The maximum Gasteiger partial charge on any atom is 0.255 e. The van der Waals surface area contributed by atoms with Gasteiger partial charge in [0.2, 0.25) is 10.0 Å². The number of nitrogens with one attached hydrogen (secondary N) is 1. The lowest BCUT2D eigenvalue weighted by Crippen LogP contribution is -2.33. The third kappa shape index (κ3) is 5.05. The molecule has 39 heavy (non-hydrogen) atoms. The van der Waals surface area contributed by atoms with Crippen LogP contribution >= 0.6 is 0 Å². The minimum atomic E-state index is -3.73. The van der Waals surface area contributed by atoms with Crippen LogP contribution in [0.4, 0.5) is 5.69 Å². The van der Waals surface area contributed by atoms with Gasteiger partial charge in [0.25, 0.3) is 5.91 Å². The van der Waals surface area contributed by atoms with Crippen molar-refractivity contribution in [1.29, 1.82) is 0 Å². The highest BCUT2D eigenvalue weighted by atomic mass is 32.2. The van der Waals surface area contributed by atoms with E-state index in [2.05, 4.69) is 5.32 Å². The minimum absolute atomic E-state index is 0.284. The number of aryl methyl sites for hydroxylation is 1. The van der Waals surface area contributed by atoms with E-state index in [0.717, 1.165) is 22.3 Å². The highest BCUT2D eigenvalue weighted by molar-refractivity contribution is 7.92. The zero-order valence-electron chi connectivity index (χ0n) is 22.3. The lowest BCUT2D eigenvalue weighted by atomic mass is 9.97. The SMILES string of the molecule is CNC(=O)c1c(-c2ccc(C)cc2)oc2cc(N(C(C)c3ccccc3)S(C)(=O)=O)c(-c3ccccc3)cc12. The number of hydrogen-bond acceptors (Lipinski definition) is 4. The molecular weight excluding hydrogens is 508 g/mol. The number of anilines is 1. The first-order chi connectivity index (χ1) is 18.7. The number of hydrogen-bond donors (Lipinski definition) is 1. The normalized spacial score (nSPS) is 12.3. The van der Waals surface area contributed by atoms with Crippen LogP contribution in [0.5, 0.6) is 0 Å². The lowest BCUT2D eigenvalue weighted by Gasteiger charge is -2.31. The second-order valence-corrected chi connectivity index (χ2v) is 11.5. The highest BCUT2D eigenvalue weighted by Crippen LogP contribution is 2.43. The number of carbonyl (C=O) groups excluding carboxylic acids is 1. The van der Waals surface area contributed by atoms with Gasteiger partial charge in [-0.15, -0.1) is 0 Å². The van der Waals surface area contributed by atoms with Crippen molar-refractivity contribution in [1.82, 2.24) is 5.32 Å². The summed E-state index contributed by atoms with van der Waals surface area (Å²) in [5.41, 5.74) is 5.50. The molecule has 0 radical (unpaired) electrons. The van der Waals surface area contributed by atoms with Crippen LogP contribution in [0.2, 0.25) is 0 Å². The average Bonchev–Trinajstić information content (AvgIpc) is 3.31. The molecule has 0 saturated carbocycles. The van der Waals surface area contributed by atoms with Crippen LogP contribution in [-0.4, -0.2) is 27.6 Å². The molecule has 7 heteroatoms. The van der Waals surface area contributed by atoms with E-state index >= 15 is 0 Å². The van der Waals surface area contributed by atoms with Crippen molar-refractivity contribution in [2.45, 2.75) is 19.9 Å². The largest absolute Gasteiger partial charge is 0.455 e. The summed E-state index contributed by atoms with van der Waals surface area (Å²) in [6, 6.07) is 29.9. The maximum atomic E-state index is 13.4. The Bertz CT molecular complexity index is 1740. The molecule has 0 fully saturated rings. The fourth-order valence-corrected chi connectivity index (χ4v) is 6.17. The van der Waals surface area contributed by atoms with E-state index in [-0.39, 0.29) is 5.91 Å². The molecule has 1 atom stereocenters. The zero-order valence-corrected chi connectivity index (χ0v) is 23.1. The number of benzene rings is 4. The Balaban J connectivity index is 1.84. The van der Waals surface area contributed by atoms with Crippen molar-refractivity contribution < 1.29 is 17.6 Å². The third-order valence-corrected chi connectivity index (χ3v) is 8.11. The number of amides is 1. The predicted octanol–water partition coefficient (Wildman–Crippen LogP) is 6.96. The van der Waals surface area contributed by atoms with Crippen molar-refractivity contribution >= 4 is 32.6 Å². The molecule has 5 rings (SSSR count). The van der Waals surface area contributed by atoms with Gasteiger partial charge in [0.05, 0.1) is 23.5 Å². The van der Waals surface area contributed by atoms with Crippen LogP contribution in [0, 0.1) is 6.92 Å². The highest BCUT2D eigenvalue weighted by Gasteiger charge is 2.30. The fraction of sp³-hybridized carbons (Fsp3) is 0.156. The Morgan fingerprint density at radius 2 is 1.49 bits per heavy atom. The fourth-order valence-electron chi connectivity index (χ4n) is 4.96. The minimum Gasteiger partial charge on any atom is -0.455 e. The molecule has 5 aromatic rings. The zero-order chi connectivity index (χ0) is 27.7. The van der Waals surface area contributed by atoms with Gasteiger partial charge in [-0.1, -0.05) is 90.5 Å². The summed E-state index contributed by atoms with van der Waals surface area (Å²) in [5, 5.41) is 3.34. The standard InChI is InChI=1S/C32H30N2O4S/c1-21-15-17-25(18-16-21)31-30(32(35)33-3)27-19-26(24-13-9-6-10-14-24)28(20-29(27)38-31)34(39(4,36)37)22(2)23-11-7-5-8-12-23/h5-20,22H,1-4H3,(H,33,35). The van der Waals surface area contributed by atoms with E-state index in [1.54, 1.807) is 13.1 Å². The van der Waals surface area contributed by atoms with Gasteiger partial charge in [-0.2, -0.15) is 0 Å². The summed E-state index contributed by atoms with van der Waals surface area (Å²) < 4.78 is 34.5. The molecule has 1 amide bonds. The van der Waals surface area contributed by atoms with Crippen molar-refractivity contribution in [2.24, 2.45) is 0 Å². The number of sulfonamides is 1. The molecule has 1 unspecified atom stereocenters. The number of rotatable bonds is 7. The Morgan fingerprint density at radius 3 is 2.08 bits per heavy atom. The molecule has 6 nitrogen and oxygen atoms in total.